The average Bonchev–Trinajstić information content (AvgIpc) is 2.87. The fraction of sp³-hybridized carbons (Fsp3) is 0.250. The van der Waals surface area contributed by atoms with Crippen LogP contribution in [-0.4, -0.2) is 33.1 Å². The number of nitrogens with one attached hydrogen (secondary N) is 1. The van der Waals surface area contributed by atoms with Gasteiger partial charge in [-0.05, 0) is 6.07 Å². The molecule has 3 N–H and O–H groups in total. The Morgan fingerprint density at radius 3 is 2.91 bits per heavy atom. The number of aryl methyl sites for hydroxylation is 1. The molecule has 10 heteroatoms. The molecule has 0 saturated carbocycles. The second-order valence-corrected chi connectivity index (χ2v) is 4.22. The lowest BCUT2D eigenvalue weighted by molar-refractivity contribution is -0.384. The molecule has 0 atom stereocenters. The van der Waals surface area contributed by atoms with Crippen LogP contribution in [-0.2, 0) is 6.42 Å². The summed E-state index contributed by atoms with van der Waals surface area (Å²) < 4.78 is 6.41. The van der Waals surface area contributed by atoms with Crippen LogP contribution in [0, 0.1) is 10.1 Å². The quantitative estimate of drug-likeness (QED) is 0.350. The van der Waals surface area contributed by atoms with E-state index in [-0.39, 0.29) is 11.6 Å². The summed E-state index contributed by atoms with van der Waals surface area (Å²) in [5.74, 6) is 7.08. The first-order chi connectivity index (χ1) is 10.6. The summed E-state index contributed by atoms with van der Waals surface area (Å²) >= 11 is 0. The summed E-state index contributed by atoms with van der Waals surface area (Å²) in [5.41, 5.74) is 3.01. The molecule has 0 radical (unpaired) electrons. The van der Waals surface area contributed by atoms with Crippen molar-refractivity contribution in [1.82, 2.24) is 14.9 Å². The minimum Gasteiger partial charge on any atom is -0.496 e. The van der Waals surface area contributed by atoms with Crippen molar-refractivity contribution in [1.29, 1.82) is 0 Å². The molecular weight excluding hydrogens is 290 g/mol. The topological polar surface area (TPSA) is 133 Å². The van der Waals surface area contributed by atoms with Gasteiger partial charge in [-0.3, -0.25) is 10.1 Å². The van der Waals surface area contributed by atoms with Gasteiger partial charge in [0.1, 0.15) is 5.75 Å². The van der Waals surface area contributed by atoms with Gasteiger partial charge in [-0.15, -0.1) is 10.2 Å². The standard InChI is InChI=1S/C12H15N7O3/c1-3-11-15-17-12(18(11)13)16-14-7-8-6-9(19(20)21)4-5-10(8)22-2/h4-7H,3,13H2,1-2H3,(H,16,17). The molecule has 2 aromatic rings. The Balaban J connectivity index is 2.20. The third kappa shape index (κ3) is 3.11. The fourth-order valence-electron chi connectivity index (χ4n) is 1.74. The van der Waals surface area contributed by atoms with Crippen molar-refractivity contribution in [2.45, 2.75) is 13.3 Å². The van der Waals surface area contributed by atoms with Gasteiger partial charge in [-0.2, -0.15) is 5.10 Å². The van der Waals surface area contributed by atoms with Crippen LogP contribution in [0.4, 0.5) is 11.6 Å². The van der Waals surface area contributed by atoms with Crippen LogP contribution >= 0.6 is 0 Å². The Morgan fingerprint density at radius 1 is 1.55 bits per heavy atom. The molecule has 0 aliphatic carbocycles. The number of nitrogens with two attached hydrogens (primary N) is 1. The maximum Gasteiger partial charge on any atom is 0.270 e. The molecular formula is C12H15N7O3. The monoisotopic (exact) mass is 305 g/mol. The molecule has 2 rings (SSSR count). The van der Waals surface area contributed by atoms with Crippen molar-refractivity contribution in [3.05, 3.63) is 39.7 Å². The predicted molar refractivity (Wildman–Crippen MR) is 80.4 cm³/mol. The third-order valence-electron chi connectivity index (χ3n) is 2.87. The number of aromatic nitrogens is 3. The first-order valence-electron chi connectivity index (χ1n) is 6.37. The Labute approximate surface area is 125 Å². The maximum atomic E-state index is 10.8. The van der Waals surface area contributed by atoms with Crippen LogP contribution in [0.15, 0.2) is 23.3 Å². The highest BCUT2D eigenvalue weighted by Gasteiger charge is 2.10. The normalized spacial score (nSPS) is 10.8. The number of benzene rings is 1. The van der Waals surface area contributed by atoms with E-state index in [0.717, 1.165) is 0 Å². The molecule has 0 amide bonds. The minimum absolute atomic E-state index is 0.0579. The number of hydrazone groups is 1. The molecule has 1 aromatic heterocycles. The summed E-state index contributed by atoms with van der Waals surface area (Å²) in [5, 5.41) is 22.4. The zero-order valence-electron chi connectivity index (χ0n) is 12.1. The van der Waals surface area contributed by atoms with E-state index in [2.05, 4.69) is 20.7 Å². The van der Waals surface area contributed by atoms with Crippen LogP contribution in [0.5, 0.6) is 5.75 Å². The molecule has 0 aliphatic rings. The molecule has 1 heterocycles. The van der Waals surface area contributed by atoms with Crippen LogP contribution < -0.4 is 16.0 Å². The molecule has 0 saturated heterocycles. The number of nitro benzene ring substituents is 1. The van der Waals surface area contributed by atoms with Gasteiger partial charge >= 0.3 is 0 Å². The number of anilines is 1. The van der Waals surface area contributed by atoms with Gasteiger partial charge < -0.3 is 10.6 Å². The van der Waals surface area contributed by atoms with Crippen molar-refractivity contribution >= 4 is 17.9 Å². The van der Waals surface area contributed by atoms with Gasteiger partial charge in [0.25, 0.3) is 11.6 Å². The van der Waals surface area contributed by atoms with Crippen LogP contribution in [0.2, 0.25) is 0 Å². The molecule has 0 aliphatic heterocycles. The Hall–Kier alpha value is -3.17. The Kier molecular flexibility index (Phi) is 4.51. The zero-order valence-corrected chi connectivity index (χ0v) is 12.1. The lowest BCUT2D eigenvalue weighted by Gasteiger charge is -2.04. The molecule has 22 heavy (non-hydrogen) atoms. The number of nitro groups is 1. The summed E-state index contributed by atoms with van der Waals surface area (Å²) in [7, 11) is 1.47. The lowest BCUT2D eigenvalue weighted by atomic mass is 10.2. The van der Waals surface area contributed by atoms with Gasteiger partial charge in [0.2, 0.25) is 0 Å². The van der Waals surface area contributed by atoms with E-state index in [1.165, 1.54) is 36.2 Å². The number of non-ortho nitro benzene ring substituents is 1. The summed E-state index contributed by atoms with van der Waals surface area (Å²) in [6.07, 6.45) is 2.01. The van der Waals surface area contributed by atoms with E-state index in [1.807, 2.05) is 6.92 Å². The number of rotatable bonds is 6. The van der Waals surface area contributed by atoms with Crippen molar-refractivity contribution in [2.75, 3.05) is 18.4 Å². The third-order valence-corrected chi connectivity index (χ3v) is 2.87. The number of methoxy groups -OCH3 is 1. The summed E-state index contributed by atoms with van der Waals surface area (Å²) in [4.78, 5) is 10.3. The number of hydrogen-bond donors (Lipinski definition) is 2. The smallest absolute Gasteiger partial charge is 0.270 e. The van der Waals surface area contributed by atoms with Crippen molar-refractivity contribution in [2.24, 2.45) is 5.10 Å². The highest BCUT2D eigenvalue weighted by atomic mass is 16.6. The molecule has 0 spiro atoms. The lowest BCUT2D eigenvalue weighted by Crippen LogP contribution is -2.14. The molecule has 116 valence electrons. The Bertz CT molecular complexity index is 711. The van der Waals surface area contributed by atoms with E-state index in [9.17, 15) is 10.1 Å². The van der Waals surface area contributed by atoms with Crippen LogP contribution in [0.25, 0.3) is 0 Å². The molecule has 0 bridgehead atoms. The SMILES string of the molecule is CCc1nnc(NN=Cc2cc([N+](=O)[O-])ccc2OC)n1N. The molecule has 0 unspecified atom stereocenters. The van der Waals surface area contributed by atoms with Gasteiger partial charge in [0, 0.05) is 24.1 Å². The summed E-state index contributed by atoms with van der Waals surface area (Å²) in [6, 6.07) is 4.21. The van der Waals surface area contributed by atoms with Crippen LogP contribution in [0.1, 0.15) is 18.3 Å². The van der Waals surface area contributed by atoms with Gasteiger partial charge in [0.05, 0.1) is 18.2 Å². The van der Waals surface area contributed by atoms with Crippen LogP contribution in [0.3, 0.4) is 0 Å². The Morgan fingerprint density at radius 2 is 2.32 bits per heavy atom. The average molecular weight is 305 g/mol. The number of nitrogen functional groups attached to an aromatic ring is 1. The zero-order chi connectivity index (χ0) is 16.1. The van der Waals surface area contributed by atoms with Gasteiger partial charge in [-0.25, -0.2) is 10.1 Å². The second kappa shape index (κ2) is 6.52. The number of hydrogen-bond acceptors (Lipinski definition) is 8. The summed E-state index contributed by atoms with van der Waals surface area (Å²) in [6.45, 7) is 1.90. The van der Waals surface area contributed by atoms with Crippen molar-refractivity contribution in [3.8, 4) is 5.75 Å². The predicted octanol–water partition coefficient (Wildman–Crippen LogP) is 0.917. The number of ether oxygens (including phenoxy) is 1. The van der Waals surface area contributed by atoms with E-state index in [1.54, 1.807) is 0 Å². The van der Waals surface area contributed by atoms with Crippen molar-refractivity contribution < 1.29 is 9.66 Å². The molecule has 10 nitrogen and oxygen atoms in total. The van der Waals surface area contributed by atoms with Gasteiger partial charge in [0.15, 0.2) is 5.82 Å². The van der Waals surface area contributed by atoms with E-state index in [4.69, 9.17) is 10.6 Å². The highest BCUT2D eigenvalue weighted by molar-refractivity contribution is 5.85. The molecule has 1 aromatic carbocycles. The largest absolute Gasteiger partial charge is 0.496 e. The van der Waals surface area contributed by atoms with E-state index in [0.29, 0.717) is 23.6 Å². The van der Waals surface area contributed by atoms with Gasteiger partial charge in [-0.1, -0.05) is 6.92 Å². The minimum atomic E-state index is -0.492. The molecule has 0 fully saturated rings. The maximum absolute atomic E-state index is 10.8. The van der Waals surface area contributed by atoms with Crippen molar-refractivity contribution in [3.63, 3.8) is 0 Å². The van der Waals surface area contributed by atoms with E-state index < -0.39 is 4.92 Å². The highest BCUT2D eigenvalue weighted by Crippen LogP contribution is 2.22. The second-order valence-electron chi connectivity index (χ2n) is 4.22. The first-order valence-corrected chi connectivity index (χ1v) is 6.37. The first kappa shape index (κ1) is 15.2. The number of nitrogens with zero attached hydrogens (tertiary/aromatic N) is 5. The fourth-order valence-corrected chi connectivity index (χ4v) is 1.74. The van der Waals surface area contributed by atoms with E-state index >= 15 is 0 Å².